The molecule has 14 heavy (non-hydrogen) atoms. The highest BCUT2D eigenvalue weighted by molar-refractivity contribution is 7.09. The van der Waals surface area contributed by atoms with E-state index in [0.29, 0.717) is 12.2 Å². The lowest BCUT2D eigenvalue weighted by Gasteiger charge is -2.16. The van der Waals surface area contributed by atoms with Gasteiger partial charge in [-0.15, -0.1) is 22.9 Å². The molecule has 3 nitrogen and oxygen atoms in total. The van der Waals surface area contributed by atoms with Gasteiger partial charge in [0.2, 0.25) is 0 Å². The quantitative estimate of drug-likeness (QED) is 0.749. The molecule has 0 saturated carbocycles. The number of hydrogen-bond donors (Lipinski definition) is 0. The number of thiazole rings is 1. The molecule has 0 aliphatic carbocycles. The molecule has 1 aromatic rings. The van der Waals surface area contributed by atoms with E-state index in [0.717, 1.165) is 5.01 Å². The number of amides is 1. The average Bonchev–Trinajstić information content (AvgIpc) is 2.49. The van der Waals surface area contributed by atoms with E-state index in [9.17, 15) is 4.79 Å². The van der Waals surface area contributed by atoms with E-state index in [-0.39, 0.29) is 11.3 Å². The second-order valence-electron chi connectivity index (χ2n) is 3.22. The third-order valence-electron chi connectivity index (χ3n) is 1.71. The van der Waals surface area contributed by atoms with Gasteiger partial charge in [0.05, 0.1) is 5.01 Å². The molecule has 5 heteroatoms. The number of nitrogens with zero attached hydrogens (tertiary/aromatic N) is 2. The Morgan fingerprint density at radius 3 is 2.86 bits per heavy atom. The van der Waals surface area contributed by atoms with Crippen LogP contribution >= 0.6 is 22.9 Å². The van der Waals surface area contributed by atoms with Crippen LogP contribution in [0.2, 0.25) is 0 Å². The van der Waals surface area contributed by atoms with Gasteiger partial charge in [-0.25, -0.2) is 4.98 Å². The highest BCUT2D eigenvalue weighted by atomic mass is 35.5. The van der Waals surface area contributed by atoms with Gasteiger partial charge in [-0.2, -0.15) is 0 Å². The Labute approximate surface area is 92.7 Å². The normalized spacial score (nSPS) is 12.6. The second kappa shape index (κ2) is 4.75. The molecule has 1 aromatic heterocycles. The predicted molar refractivity (Wildman–Crippen MR) is 59.1 cm³/mol. The molecule has 0 aliphatic heterocycles. The van der Waals surface area contributed by atoms with E-state index < -0.39 is 0 Å². The molecule has 1 heterocycles. The molecule has 0 bridgehead atoms. The van der Waals surface area contributed by atoms with Crippen molar-refractivity contribution in [2.24, 2.45) is 0 Å². The van der Waals surface area contributed by atoms with E-state index in [1.165, 1.54) is 11.3 Å². The van der Waals surface area contributed by atoms with Crippen LogP contribution in [0, 0.1) is 6.92 Å². The number of hydrogen-bond acceptors (Lipinski definition) is 3. The molecule has 0 saturated heterocycles. The van der Waals surface area contributed by atoms with E-state index >= 15 is 0 Å². The summed E-state index contributed by atoms with van der Waals surface area (Å²) in [6.07, 6.45) is 0. The van der Waals surface area contributed by atoms with Gasteiger partial charge in [0.25, 0.3) is 5.91 Å². The van der Waals surface area contributed by atoms with Gasteiger partial charge < -0.3 is 4.90 Å². The summed E-state index contributed by atoms with van der Waals surface area (Å²) in [5.74, 6) is -0.0677. The van der Waals surface area contributed by atoms with Gasteiger partial charge in [-0.1, -0.05) is 0 Å². The number of carbonyl (C=O) groups excluding carboxylic acids is 1. The predicted octanol–water partition coefficient (Wildman–Crippen LogP) is 2.15. The van der Waals surface area contributed by atoms with Gasteiger partial charge in [0.15, 0.2) is 0 Å². The van der Waals surface area contributed by atoms with Crippen molar-refractivity contribution in [3.63, 3.8) is 0 Å². The van der Waals surface area contributed by atoms with Crippen molar-refractivity contribution in [1.82, 2.24) is 9.88 Å². The molecule has 1 unspecified atom stereocenters. The summed E-state index contributed by atoms with van der Waals surface area (Å²) < 4.78 is 0. The lowest BCUT2D eigenvalue weighted by atomic mass is 10.3. The highest BCUT2D eigenvalue weighted by Gasteiger charge is 2.15. The molecular weight excluding hydrogens is 220 g/mol. The minimum Gasteiger partial charge on any atom is -0.339 e. The SMILES string of the molecule is Cc1nc(C(=O)N(C)CC(C)Cl)cs1. The molecule has 0 aliphatic rings. The van der Waals surface area contributed by atoms with Crippen molar-refractivity contribution in [2.75, 3.05) is 13.6 Å². The summed E-state index contributed by atoms with van der Waals surface area (Å²) in [7, 11) is 1.73. The van der Waals surface area contributed by atoms with Gasteiger partial charge in [0.1, 0.15) is 5.69 Å². The molecular formula is C9H13ClN2OS. The summed E-state index contributed by atoms with van der Waals surface area (Å²) in [4.78, 5) is 17.4. The minimum atomic E-state index is -0.0677. The Morgan fingerprint density at radius 1 is 1.79 bits per heavy atom. The zero-order chi connectivity index (χ0) is 10.7. The van der Waals surface area contributed by atoms with E-state index in [1.807, 2.05) is 13.8 Å². The standard InChI is InChI=1S/C9H13ClN2OS/c1-6(10)4-12(3)9(13)8-5-14-7(2)11-8/h5-6H,4H2,1-3H3. The number of aryl methyl sites for hydroxylation is 1. The third-order valence-corrected chi connectivity index (χ3v) is 2.62. The second-order valence-corrected chi connectivity index (χ2v) is 5.03. The van der Waals surface area contributed by atoms with Gasteiger partial charge in [-0.05, 0) is 13.8 Å². The summed E-state index contributed by atoms with van der Waals surface area (Å²) in [5.41, 5.74) is 0.507. The van der Waals surface area contributed by atoms with Crippen LogP contribution in [-0.2, 0) is 0 Å². The van der Waals surface area contributed by atoms with Crippen molar-refractivity contribution >= 4 is 28.8 Å². The van der Waals surface area contributed by atoms with Gasteiger partial charge >= 0.3 is 0 Å². The van der Waals surface area contributed by atoms with Crippen LogP contribution in [0.3, 0.4) is 0 Å². The molecule has 1 rings (SSSR count). The molecule has 78 valence electrons. The van der Waals surface area contributed by atoms with Crippen LogP contribution < -0.4 is 0 Å². The lowest BCUT2D eigenvalue weighted by molar-refractivity contribution is 0.0791. The summed E-state index contributed by atoms with van der Waals surface area (Å²) in [6, 6.07) is 0. The zero-order valence-corrected chi connectivity index (χ0v) is 10.0. The van der Waals surface area contributed by atoms with Crippen LogP contribution in [-0.4, -0.2) is 34.8 Å². The molecule has 0 N–H and O–H groups in total. The maximum Gasteiger partial charge on any atom is 0.273 e. The fourth-order valence-electron chi connectivity index (χ4n) is 1.12. The Morgan fingerprint density at radius 2 is 2.43 bits per heavy atom. The summed E-state index contributed by atoms with van der Waals surface area (Å²) >= 11 is 7.28. The van der Waals surface area contributed by atoms with Crippen LogP contribution in [0.1, 0.15) is 22.4 Å². The number of alkyl halides is 1. The number of halogens is 1. The Kier molecular flexibility index (Phi) is 3.89. The third kappa shape index (κ3) is 2.96. The smallest absolute Gasteiger partial charge is 0.273 e. The molecule has 0 spiro atoms. The van der Waals surface area contributed by atoms with Crippen LogP contribution in [0.4, 0.5) is 0 Å². The van der Waals surface area contributed by atoms with E-state index in [4.69, 9.17) is 11.6 Å². The van der Waals surface area contributed by atoms with E-state index in [2.05, 4.69) is 4.98 Å². The highest BCUT2D eigenvalue weighted by Crippen LogP contribution is 2.10. The zero-order valence-electron chi connectivity index (χ0n) is 8.45. The van der Waals surface area contributed by atoms with E-state index in [1.54, 1.807) is 17.3 Å². The molecule has 1 amide bonds. The maximum absolute atomic E-state index is 11.7. The average molecular weight is 233 g/mol. The first-order valence-electron chi connectivity index (χ1n) is 4.32. The van der Waals surface area contributed by atoms with Crippen molar-refractivity contribution < 1.29 is 4.79 Å². The monoisotopic (exact) mass is 232 g/mol. The first-order valence-corrected chi connectivity index (χ1v) is 5.64. The topological polar surface area (TPSA) is 33.2 Å². The summed E-state index contributed by atoms with van der Waals surface area (Å²) in [6.45, 7) is 4.28. The Bertz CT molecular complexity index is 324. The maximum atomic E-state index is 11.7. The van der Waals surface area contributed by atoms with Crippen molar-refractivity contribution in [3.05, 3.63) is 16.1 Å². The molecule has 0 radical (unpaired) electrons. The Hall–Kier alpha value is -0.610. The summed E-state index contributed by atoms with van der Waals surface area (Å²) in [5, 5.41) is 2.64. The number of aromatic nitrogens is 1. The first kappa shape index (κ1) is 11.5. The largest absolute Gasteiger partial charge is 0.339 e. The fraction of sp³-hybridized carbons (Fsp3) is 0.556. The molecule has 0 aromatic carbocycles. The van der Waals surface area contributed by atoms with Crippen LogP contribution in [0.15, 0.2) is 5.38 Å². The van der Waals surface area contributed by atoms with Crippen LogP contribution in [0.5, 0.6) is 0 Å². The minimum absolute atomic E-state index is 0.0383. The first-order chi connectivity index (χ1) is 6.50. The van der Waals surface area contributed by atoms with Crippen molar-refractivity contribution in [2.45, 2.75) is 19.2 Å². The van der Waals surface area contributed by atoms with Gasteiger partial charge in [-0.3, -0.25) is 4.79 Å². The molecule has 1 atom stereocenters. The fourth-order valence-corrected chi connectivity index (χ4v) is 1.91. The van der Waals surface area contributed by atoms with Crippen LogP contribution in [0.25, 0.3) is 0 Å². The lowest BCUT2D eigenvalue weighted by Crippen LogP contribution is -2.31. The van der Waals surface area contributed by atoms with Gasteiger partial charge in [0, 0.05) is 24.3 Å². The van der Waals surface area contributed by atoms with Crippen molar-refractivity contribution in [3.8, 4) is 0 Å². The Balaban J connectivity index is 2.65. The number of rotatable bonds is 3. The van der Waals surface area contributed by atoms with Crippen molar-refractivity contribution in [1.29, 1.82) is 0 Å². The molecule has 0 fully saturated rings. The number of carbonyl (C=O) groups is 1.